The summed E-state index contributed by atoms with van der Waals surface area (Å²) in [5, 5.41) is 3.00. The first kappa shape index (κ1) is 22.1. The fourth-order valence-corrected chi connectivity index (χ4v) is 5.87. The minimum atomic E-state index is -0.247. The first-order valence-electron chi connectivity index (χ1n) is 10.7. The molecule has 0 unspecified atom stereocenters. The number of benzene rings is 1. The van der Waals surface area contributed by atoms with Gasteiger partial charge in [0.15, 0.2) is 5.16 Å². The highest BCUT2D eigenvalue weighted by Crippen LogP contribution is 2.38. The van der Waals surface area contributed by atoms with E-state index in [1.165, 1.54) is 23.1 Å². The Balaban J connectivity index is 1.36. The third-order valence-corrected chi connectivity index (χ3v) is 7.75. The van der Waals surface area contributed by atoms with E-state index in [1.807, 2.05) is 35.7 Å². The average Bonchev–Trinajstić information content (AvgIpc) is 3.17. The zero-order valence-corrected chi connectivity index (χ0v) is 19.8. The van der Waals surface area contributed by atoms with Crippen LogP contribution in [0.2, 0.25) is 0 Å². The Labute approximate surface area is 190 Å². The molecule has 1 aliphatic carbocycles. The molecule has 0 radical (unpaired) electrons. The number of esters is 1. The second kappa shape index (κ2) is 9.17. The molecule has 7 heteroatoms. The molecule has 2 heterocycles. The van der Waals surface area contributed by atoms with E-state index in [1.54, 1.807) is 0 Å². The van der Waals surface area contributed by atoms with Crippen LogP contribution in [0.5, 0.6) is 0 Å². The van der Waals surface area contributed by atoms with Crippen molar-refractivity contribution in [1.82, 2.24) is 9.97 Å². The van der Waals surface area contributed by atoms with E-state index in [4.69, 9.17) is 4.74 Å². The molecule has 1 N–H and O–H groups in total. The average molecular weight is 457 g/mol. The summed E-state index contributed by atoms with van der Waals surface area (Å²) in [4.78, 5) is 33.1. The van der Waals surface area contributed by atoms with Gasteiger partial charge in [-0.05, 0) is 42.6 Å². The number of thioether (sulfide) groups is 1. The number of hydrogen-bond acceptors (Lipinski definition) is 6. The summed E-state index contributed by atoms with van der Waals surface area (Å²) < 4.78 is 5.68. The van der Waals surface area contributed by atoms with Crippen molar-refractivity contribution in [2.24, 2.45) is 11.3 Å². The van der Waals surface area contributed by atoms with Crippen LogP contribution in [0.4, 0.5) is 0 Å². The van der Waals surface area contributed by atoms with Crippen LogP contribution in [0.1, 0.15) is 46.5 Å². The number of ether oxygens (including phenoxy) is 1. The summed E-state index contributed by atoms with van der Waals surface area (Å²) in [7, 11) is 0. The number of rotatable bonds is 5. The number of H-pyrrole nitrogens is 1. The van der Waals surface area contributed by atoms with Crippen LogP contribution in [-0.2, 0) is 9.53 Å². The molecular weight excluding hydrogens is 428 g/mol. The van der Waals surface area contributed by atoms with Gasteiger partial charge in [-0.25, -0.2) is 4.98 Å². The molecular formula is C24H28N2O3S2. The number of thiophene rings is 1. The minimum Gasteiger partial charge on any atom is -0.462 e. The number of hydrogen-bond donors (Lipinski definition) is 1. The Morgan fingerprint density at radius 1 is 1.19 bits per heavy atom. The van der Waals surface area contributed by atoms with Gasteiger partial charge in [0.05, 0.1) is 11.1 Å². The first-order valence-corrected chi connectivity index (χ1v) is 12.6. The molecule has 31 heavy (non-hydrogen) atoms. The maximum Gasteiger partial charge on any atom is 0.316 e. The lowest BCUT2D eigenvalue weighted by atomic mass is 9.72. The zero-order valence-electron chi connectivity index (χ0n) is 18.1. The third-order valence-electron chi connectivity index (χ3n) is 6.03. The van der Waals surface area contributed by atoms with E-state index >= 15 is 0 Å². The standard InChI is InChI=1S/C24H28N2O3S2/c1-24(2,3)16-9-11-17(12-10-16)29-19(27)14-31-23-25-21(28)20-18(13-30-22(20)26-23)15-7-5-4-6-8-15/h4-8,13,16-17H,9-12,14H2,1-3H3,(H,25,26,28). The Morgan fingerprint density at radius 3 is 2.58 bits per heavy atom. The fourth-order valence-electron chi connectivity index (χ4n) is 4.22. The van der Waals surface area contributed by atoms with Crippen molar-refractivity contribution < 1.29 is 9.53 Å². The van der Waals surface area contributed by atoms with Crippen molar-refractivity contribution in [2.75, 3.05) is 5.75 Å². The molecule has 0 bridgehead atoms. The highest BCUT2D eigenvalue weighted by molar-refractivity contribution is 7.99. The Kier molecular flexibility index (Phi) is 6.53. The quantitative estimate of drug-likeness (QED) is 0.294. The highest BCUT2D eigenvalue weighted by atomic mass is 32.2. The Morgan fingerprint density at radius 2 is 1.90 bits per heavy atom. The van der Waals surface area contributed by atoms with Gasteiger partial charge < -0.3 is 9.72 Å². The van der Waals surface area contributed by atoms with Gasteiger partial charge in [-0.3, -0.25) is 9.59 Å². The maximum atomic E-state index is 12.7. The monoisotopic (exact) mass is 456 g/mol. The van der Waals surface area contributed by atoms with Gasteiger partial charge in [0.25, 0.3) is 5.56 Å². The van der Waals surface area contributed by atoms with Gasteiger partial charge in [-0.2, -0.15) is 0 Å². The molecule has 2 aromatic heterocycles. The number of aromatic nitrogens is 2. The molecule has 3 aromatic rings. The van der Waals surface area contributed by atoms with Crippen molar-refractivity contribution in [3.8, 4) is 11.1 Å². The summed E-state index contributed by atoms with van der Waals surface area (Å²) in [5.41, 5.74) is 2.01. The number of nitrogens with zero attached hydrogens (tertiary/aromatic N) is 1. The maximum absolute atomic E-state index is 12.7. The summed E-state index contributed by atoms with van der Waals surface area (Å²) in [6.45, 7) is 6.84. The second-order valence-corrected chi connectivity index (χ2v) is 11.0. The van der Waals surface area contributed by atoms with Crippen LogP contribution < -0.4 is 5.56 Å². The lowest BCUT2D eigenvalue weighted by Gasteiger charge is -2.36. The molecule has 0 aliphatic heterocycles. The smallest absolute Gasteiger partial charge is 0.316 e. The molecule has 164 valence electrons. The largest absolute Gasteiger partial charge is 0.462 e. The second-order valence-electron chi connectivity index (χ2n) is 9.18. The van der Waals surface area contributed by atoms with Gasteiger partial charge in [0, 0.05) is 10.9 Å². The van der Waals surface area contributed by atoms with Gasteiger partial charge in [0.1, 0.15) is 10.9 Å². The van der Waals surface area contributed by atoms with Gasteiger partial charge in [-0.15, -0.1) is 11.3 Å². The Hall–Kier alpha value is -2.12. The third kappa shape index (κ3) is 5.21. The predicted octanol–water partition coefficient (Wildman–Crippen LogP) is 5.89. The van der Waals surface area contributed by atoms with E-state index in [2.05, 4.69) is 30.7 Å². The highest BCUT2D eigenvalue weighted by Gasteiger charge is 2.31. The topological polar surface area (TPSA) is 72.0 Å². The first-order chi connectivity index (χ1) is 14.8. The number of carbonyl (C=O) groups is 1. The number of nitrogens with one attached hydrogen (secondary N) is 1. The molecule has 0 saturated heterocycles. The molecule has 1 aromatic carbocycles. The molecule has 4 rings (SSSR count). The van der Waals surface area contributed by atoms with Crippen molar-refractivity contribution in [1.29, 1.82) is 0 Å². The van der Waals surface area contributed by atoms with E-state index in [0.29, 0.717) is 26.7 Å². The lowest BCUT2D eigenvalue weighted by molar-refractivity contribution is -0.148. The number of carbonyl (C=O) groups excluding carboxylic acids is 1. The molecule has 0 amide bonds. The predicted molar refractivity (Wildman–Crippen MR) is 128 cm³/mol. The van der Waals surface area contributed by atoms with Crippen LogP contribution >= 0.6 is 23.1 Å². The summed E-state index contributed by atoms with van der Waals surface area (Å²) in [6, 6.07) is 9.81. The fraction of sp³-hybridized carbons (Fsp3) is 0.458. The molecule has 0 spiro atoms. The van der Waals surface area contributed by atoms with Crippen LogP contribution in [0.15, 0.2) is 45.7 Å². The van der Waals surface area contributed by atoms with E-state index in [0.717, 1.165) is 36.8 Å². The van der Waals surface area contributed by atoms with Crippen LogP contribution in [0.25, 0.3) is 21.3 Å². The number of fused-ring (bicyclic) bond motifs is 1. The molecule has 0 atom stereocenters. The van der Waals surface area contributed by atoms with E-state index in [9.17, 15) is 9.59 Å². The van der Waals surface area contributed by atoms with Gasteiger partial charge in [0.2, 0.25) is 0 Å². The SMILES string of the molecule is CC(C)(C)C1CCC(OC(=O)CSc2nc3scc(-c4ccccc4)c3c(=O)[nH]2)CC1. The van der Waals surface area contributed by atoms with Crippen molar-refractivity contribution >= 4 is 39.3 Å². The molecule has 5 nitrogen and oxygen atoms in total. The molecule has 1 aliphatic rings. The van der Waals surface area contributed by atoms with Crippen LogP contribution in [0.3, 0.4) is 0 Å². The summed E-state index contributed by atoms with van der Waals surface area (Å²) in [5.74, 6) is 0.581. The van der Waals surface area contributed by atoms with E-state index in [-0.39, 0.29) is 23.4 Å². The zero-order chi connectivity index (χ0) is 22.0. The normalized spacial score (nSPS) is 19.5. The summed E-state index contributed by atoms with van der Waals surface area (Å²) >= 11 is 2.66. The van der Waals surface area contributed by atoms with Gasteiger partial charge in [-0.1, -0.05) is 62.9 Å². The van der Waals surface area contributed by atoms with Crippen molar-refractivity contribution in [3.05, 3.63) is 46.1 Å². The van der Waals surface area contributed by atoms with Crippen molar-refractivity contribution in [3.63, 3.8) is 0 Å². The molecule has 1 saturated carbocycles. The Bertz CT molecular complexity index is 1110. The lowest BCUT2D eigenvalue weighted by Crippen LogP contribution is -2.30. The minimum absolute atomic E-state index is 0.00640. The molecule has 1 fully saturated rings. The number of aromatic amines is 1. The van der Waals surface area contributed by atoms with E-state index < -0.39 is 0 Å². The van der Waals surface area contributed by atoms with Crippen molar-refractivity contribution in [2.45, 2.75) is 57.7 Å². The van der Waals surface area contributed by atoms with Crippen LogP contribution in [-0.4, -0.2) is 27.8 Å². The van der Waals surface area contributed by atoms with Gasteiger partial charge >= 0.3 is 5.97 Å². The summed E-state index contributed by atoms with van der Waals surface area (Å²) in [6.07, 6.45) is 4.06. The van der Waals surface area contributed by atoms with Crippen LogP contribution in [0, 0.1) is 11.3 Å².